The van der Waals surface area contributed by atoms with Crippen LogP contribution in [0.5, 0.6) is 0 Å². The summed E-state index contributed by atoms with van der Waals surface area (Å²) in [5.41, 5.74) is 7.92. The molecule has 0 aliphatic heterocycles. The number of aromatic nitrogens is 1. The zero-order valence-corrected chi connectivity index (χ0v) is 7.96. The number of nitrogen functional groups attached to an aromatic ring is 1. The number of pyridine rings is 1. The number of aryl methyl sites for hydroxylation is 1. The van der Waals surface area contributed by atoms with Crippen molar-refractivity contribution in [2.24, 2.45) is 5.92 Å². The summed E-state index contributed by atoms with van der Waals surface area (Å²) >= 11 is 0. The molecular formula is C10H16N2. The van der Waals surface area contributed by atoms with Crippen molar-refractivity contribution in [1.29, 1.82) is 0 Å². The molecule has 0 aliphatic rings. The lowest BCUT2D eigenvalue weighted by Crippen LogP contribution is -1.99. The maximum Gasteiger partial charge on any atom is 0.123 e. The van der Waals surface area contributed by atoms with Crippen molar-refractivity contribution in [3.8, 4) is 0 Å². The molecule has 66 valence electrons. The average Bonchev–Trinajstić information content (AvgIpc) is 1.81. The fourth-order valence-corrected chi connectivity index (χ4v) is 1.36. The number of rotatable bonds is 2. The van der Waals surface area contributed by atoms with Crippen LogP contribution in [0.4, 0.5) is 5.82 Å². The molecule has 0 unspecified atom stereocenters. The quantitative estimate of drug-likeness (QED) is 0.727. The lowest BCUT2D eigenvalue weighted by atomic mass is 10.0. The van der Waals surface area contributed by atoms with Gasteiger partial charge < -0.3 is 5.73 Å². The van der Waals surface area contributed by atoms with Gasteiger partial charge in [0.25, 0.3) is 0 Å². The maximum absolute atomic E-state index is 5.62. The van der Waals surface area contributed by atoms with Gasteiger partial charge in [-0.05, 0) is 37.0 Å². The van der Waals surface area contributed by atoms with Gasteiger partial charge in [-0.15, -0.1) is 0 Å². The van der Waals surface area contributed by atoms with Gasteiger partial charge in [0.05, 0.1) is 0 Å². The van der Waals surface area contributed by atoms with Crippen LogP contribution < -0.4 is 5.73 Å². The van der Waals surface area contributed by atoms with E-state index in [1.807, 2.05) is 13.0 Å². The average molecular weight is 164 g/mol. The SMILES string of the molecule is Cc1cc(CC(C)C)cc(N)n1. The smallest absolute Gasteiger partial charge is 0.123 e. The summed E-state index contributed by atoms with van der Waals surface area (Å²) in [7, 11) is 0. The Morgan fingerprint density at radius 2 is 2.08 bits per heavy atom. The topological polar surface area (TPSA) is 38.9 Å². The highest BCUT2D eigenvalue weighted by atomic mass is 14.8. The summed E-state index contributed by atoms with van der Waals surface area (Å²) in [6.45, 7) is 6.37. The van der Waals surface area contributed by atoms with Crippen molar-refractivity contribution in [2.75, 3.05) is 5.73 Å². The van der Waals surface area contributed by atoms with Crippen molar-refractivity contribution in [1.82, 2.24) is 4.98 Å². The Hall–Kier alpha value is -1.05. The third-order valence-electron chi connectivity index (χ3n) is 1.68. The van der Waals surface area contributed by atoms with E-state index < -0.39 is 0 Å². The predicted octanol–water partition coefficient (Wildman–Crippen LogP) is 2.17. The van der Waals surface area contributed by atoms with Crippen molar-refractivity contribution in [3.63, 3.8) is 0 Å². The minimum atomic E-state index is 0.630. The molecule has 2 nitrogen and oxygen atoms in total. The molecular weight excluding hydrogens is 148 g/mol. The Morgan fingerprint density at radius 3 is 2.58 bits per heavy atom. The molecule has 0 atom stereocenters. The second kappa shape index (κ2) is 3.57. The van der Waals surface area contributed by atoms with Crippen molar-refractivity contribution < 1.29 is 0 Å². The Morgan fingerprint density at radius 1 is 1.42 bits per heavy atom. The molecule has 0 aromatic carbocycles. The zero-order valence-electron chi connectivity index (χ0n) is 7.96. The van der Waals surface area contributed by atoms with Crippen LogP contribution in [0, 0.1) is 12.8 Å². The van der Waals surface area contributed by atoms with Gasteiger partial charge in [-0.1, -0.05) is 13.8 Å². The molecule has 12 heavy (non-hydrogen) atoms. The van der Waals surface area contributed by atoms with Crippen LogP contribution in [0.2, 0.25) is 0 Å². The number of hydrogen-bond donors (Lipinski definition) is 1. The molecule has 0 aliphatic carbocycles. The van der Waals surface area contributed by atoms with Gasteiger partial charge in [0.15, 0.2) is 0 Å². The fourth-order valence-electron chi connectivity index (χ4n) is 1.36. The summed E-state index contributed by atoms with van der Waals surface area (Å²) in [6, 6.07) is 4.04. The summed E-state index contributed by atoms with van der Waals surface area (Å²) in [6.07, 6.45) is 1.08. The van der Waals surface area contributed by atoms with Crippen LogP contribution >= 0.6 is 0 Å². The first-order valence-electron chi connectivity index (χ1n) is 4.31. The van der Waals surface area contributed by atoms with E-state index >= 15 is 0 Å². The van der Waals surface area contributed by atoms with E-state index in [0.717, 1.165) is 12.1 Å². The van der Waals surface area contributed by atoms with E-state index in [0.29, 0.717) is 11.7 Å². The van der Waals surface area contributed by atoms with Gasteiger partial charge in [-0.25, -0.2) is 4.98 Å². The molecule has 0 fully saturated rings. The van der Waals surface area contributed by atoms with Crippen LogP contribution in [0.15, 0.2) is 12.1 Å². The van der Waals surface area contributed by atoms with Crippen molar-refractivity contribution in [3.05, 3.63) is 23.4 Å². The number of nitrogens with two attached hydrogens (primary N) is 1. The third kappa shape index (κ3) is 2.53. The van der Waals surface area contributed by atoms with E-state index in [9.17, 15) is 0 Å². The Kier molecular flexibility index (Phi) is 2.69. The first-order chi connectivity index (χ1) is 5.58. The number of nitrogens with zero attached hydrogens (tertiary/aromatic N) is 1. The first-order valence-corrected chi connectivity index (χ1v) is 4.31. The summed E-state index contributed by atoms with van der Waals surface area (Å²) in [5, 5.41) is 0. The number of hydrogen-bond acceptors (Lipinski definition) is 2. The molecule has 1 heterocycles. The molecule has 0 radical (unpaired) electrons. The third-order valence-corrected chi connectivity index (χ3v) is 1.68. The van der Waals surface area contributed by atoms with E-state index in [4.69, 9.17) is 5.73 Å². The van der Waals surface area contributed by atoms with Crippen LogP contribution in [0.1, 0.15) is 25.1 Å². The van der Waals surface area contributed by atoms with Gasteiger partial charge in [0, 0.05) is 5.69 Å². The van der Waals surface area contributed by atoms with E-state index in [1.54, 1.807) is 0 Å². The molecule has 1 rings (SSSR count). The minimum absolute atomic E-state index is 0.630. The molecule has 0 spiro atoms. The summed E-state index contributed by atoms with van der Waals surface area (Å²) < 4.78 is 0. The lowest BCUT2D eigenvalue weighted by Gasteiger charge is -2.06. The van der Waals surface area contributed by atoms with Crippen molar-refractivity contribution in [2.45, 2.75) is 27.2 Å². The van der Waals surface area contributed by atoms with Crippen molar-refractivity contribution >= 4 is 5.82 Å². The predicted molar refractivity (Wildman–Crippen MR) is 51.9 cm³/mol. The Balaban J connectivity index is 2.85. The molecule has 1 aromatic rings. The highest BCUT2D eigenvalue weighted by Gasteiger charge is 1.99. The molecule has 0 saturated carbocycles. The number of anilines is 1. The highest BCUT2D eigenvalue weighted by Crippen LogP contribution is 2.11. The van der Waals surface area contributed by atoms with Gasteiger partial charge in [-0.3, -0.25) is 0 Å². The van der Waals surface area contributed by atoms with Crippen LogP contribution in [-0.2, 0) is 6.42 Å². The lowest BCUT2D eigenvalue weighted by molar-refractivity contribution is 0.646. The maximum atomic E-state index is 5.62. The second-order valence-electron chi connectivity index (χ2n) is 3.64. The Bertz CT molecular complexity index is 246. The molecule has 0 saturated heterocycles. The van der Waals surface area contributed by atoms with Crippen LogP contribution in [0.25, 0.3) is 0 Å². The van der Waals surface area contributed by atoms with Gasteiger partial charge in [0.2, 0.25) is 0 Å². The standard InChI is InChI=1S/C10H16N2/c1-7(2)4-9-5-8(3)12-10(11)6-9/h5-7H,4H2,1-3H3,(H2,11,12). The van der Waals surface area contributed by atoms with E-state index in [2.05, 4.69) is 24.9 Å². The molecule has 2 heteroatoms. The fraction of sp³-hybridized carbons (Fsp3) is 0.500. The largest absolute Gasteiger partial charge is 0.384 e. The van der Waals surface area contributed by atoms with E-state index in [-0.39, 0.29) is 0 Å². The van der Waals surface area contributed by atoms with Gasteiger partial charge in [-0.2, -0.15) is 0 Å². The minimum Gasteiger partial charge on any atom is -0.384 e. The molecule has 0 amide bonds. The zero-order chi connectivity index (χ0) is 9.14. The molecule has 1 aromatic heterocycles. The normalized spacial score (nSPS) is 10.7. The van der Waals surface area contributed by atoms with Gasteiger partial charge >= 0.3 is 0 Å². The van der Waals surface area contributed by atoms with E-state index in [1.165, 1.54) is 5.56 Å². The summed E-state index contributed by atoms with van der Waals surface area (Å²) in [4.78, 5) is 4.12. The van der Waals surface area contributed by atoms with Crippen LogP contribution in [0.3, 0.4) is 0 Å². The monoisotopic (exact) mass is 164 g/mol. The highest BCUT2D eigenvalue weighted by molar-refractivity contribution is 5.34. The van der Waals surface area contributed by atoms with Crippen LogP contribution in [-0.4, -0.2) is 4.98 Å². The first kappa shape index (κ1) is 9.04. The van der Waals surface area contributed by atoms with Gasteiger partial charge in [0.1, 0.15) is 5.82 Å². The molecule has 0 bridgehead atoms. The molecule has 2 N–H and O–H groups in total. The summed E-state index contributed by atoms with van der Waals surface area (Å²) in [5.74, 6) is 1.30. The second-order valence-corrected chi connectivity index (χ2v) is 3.64. The Labute approximate surface area is 73.8 Å².